The average molecular weight is 712 g/mol. The van der Waals surface area contributed by atoms with E-state index in [1.807, 2.05) is 84.3 Å². The van der Waals surface area contributed by atoms with E-state index in [4.69, 9.17) is 15.3 Å². The van der Waals surface area contributed by atoms with E-state index >= 15 is 0 Å². The maximum Gasteiger partial charge on any atom is 0.356 e. The van der Waals surface area contributed by atoms with E-state index < -0.39 is 35.3 Å². The third kappa shape index (κ3) is 7.74. The van der Waals surface area contributed by atoms with Crippen molar-refractivity contribution in [1.29, 1.82) is 0 Å². The summed E-state index contributed by atoms with van der Waals surface area (Å²) in [5.74, 6) is -1.55. The summed E-state index contributed by atoms with van der Waals surface area (Å²) < 4.78 is 10.3. The number of anilines is 1. The maximum absolute atomic E-state index is 14.2. The Balaban J connectivity index is 1.28. The van der Waals surface area contributed by atoms with Gasteiger partial charge in [-0.15, -0.1) is 11.8 Å². The van der Waals surface area contributed by atoms with Gasteiger partial charge in [-0.25, -0.2) is 4.79 Å². The zero-order chi connectivity index (χ0) is 34.2. The first-order chi connectivity index (χ1) is 23.9. The van der Waals surface area contributed by atoms with Crippen LogP contribution in [0, 0.1) is 0 Å². The number of nitrogens with zero attached hydrogens (tertiary/aromatic N) is 5. The molecule has 15 heteroatoms. The van der Waals surface area contributed by atoms with E-state index in [9.17, 15) is 14.4 Å². The summed E-state index contributed by atoms with van der Waals surface area (Å²) in [5.41, 5.74) is 8.03. The minimum absolute atomic E-state index is 0.0317. The summed E-state index contributed by atoms with van der Waals surface area (Å²) in [7, 11) is 0. The minimum Gasteiger partial charge on any atom is -0.448 e. The fraction of sp³-hybridized carbons (Fsp3) is 0.147. The highest BCUT2D eigenvalue weighted by Crippen LogP contribution is 2.45. The molecular weight excluding hydrogens is 683 g/mol. The molecule has 0 radical (unpaired) electrons. The molecule has 6 rings (SSSR count). The summed E-state index contributed by atoms with van der Waals surface area (Å²) in [6.07, 6.45) is 6.01. The fourth-order valence-electron chi connectivity index (χ4n) is 4.97. The molecule has 2 aromatic carbocycles. The summed E-state index contributed by atoms with van der Waals surface area (Å²) in [6.45, 7) is 3.60. The molecule has 0 bridgehead atoms. The fourth-order valence-corrected chi connectivity index (χ4v) is 7.75. The highest BCUT2D eigenvalue weighted by Gasteiger charge is 2.55. The van der Waals surface area contributed by atoms with E-state index in [1.54, 1.807) is 12.4 Å². The molecule has 1 saturated heterocycles. The van der Waals surface area contributed by atoms with Crippen molar-refractivity contribution in [3.8, 4) is 0 Å². The number of ether oxygens (including phenoxy) is 1. The van der Waals surface area contributed by atoms with Crippen LogP contribution in [0.15, 0.2) is 119 Å². The third-order valence-electron chi connectivity index (χ3n) is 7.21. The number of nitrogen functional groups attached to an aromatic ring is 1. The number of hydrogen-bond donors (Lipinski definition) is 2. The van der Waals surface area contributed by atoms with Crippen LogP contribution in [0.2, 0.25) is 0 Å². The van der Waals surface area contributed by atoms with E-state index in [0.29, 0.717) is 10.7 Å². The Kier molecular flexibility index (Phi) is 10.8. The van der Waals surface area contributed by atoms with Gasteiger partial charge in [0.1, 0.15) is 23.7 Å². The average Bonchev–Trinajstić information content (AvgIpc) is 3.57. The Hall–Kier alpha value is -5.25. The zero-order valence-corrected chi connectivity index (χ0v) is 28.2. The number of esters is 1. The lowest BCUT2D eigenvalue weighted by Gasteiger charge is -2.49. The number of aromatic nitrogens is 3. The first kappa shape index (κ1) is 33.6. The van der Waals surface area contributed by atoms with Gasteiger partial charge in [-0.2, -0.15) is 9.36 Å². The SMILES string of the molecule is C=CCO/N=C(/C(=O)NC1C(=O)N2C(C(=O)OC(c3ccccc3)c3ccccc3)=C(S/C=C\c3cccnc3)CSC12)c1nsc(N)n1. The molecule has 2 unspecified atom stereocenters. The molecular formula is C34H29N7O5S3. The van der Waals surface area contributed by atoms with Crippen LogP contribution in [0.5, 0.6) is 0 Å². The summed E-state index contributed by atoms with van der Waals surface area (Å²) >= 11 is 3.62. The van der Waals surface area contributed by atoms with Gasteiger partial charge in [0.25, 0.3) is 11.8 Å². The Bertz CT molecular complexity index is 1880. The van der Waals surface area contributed by atoms with Crippen LogP contribution in [0.3, 0.4) is 0 Å². The minimum atomic E-state index is -0.975. The number of hydrogen-bond acceptors (Lipinski definition) is 13. The van der Waals surface area contributed by atoms with E-state index in [2.05, 4.69) is 31.4 Å². The van der Waals surface area contributed by atoms with Gasteiger partial charge in [0.2, 0.25) is 11.5 Å². The van der Waals surface area contributed by atoms with Crippen LogP contribution < -0.4 is 11.1 Å². The number of amides is 2. The number of oxime groups is 1. The van der Waals surface area contributed by atoms with Gasteiger partial charge < -0.3 is 20.6 Å². The number of benzene rings is 2. The van der Waals surface area contributed by atoms with E-state index in [0.717, 1.165) is 28.2 Å². The Morgan fingerprint density at radius 3 is 2.49 bits per heavy atom. The lowest BCUT2D eigenvalue weighted by molar-refractivity contribution is -0.154. The monoisotopic (exact) mass is 711 g/mol. The molecule has 2 aliphatic rings. The number of fused-ring (bicyclic) bond motifs is 1. The predicted molar refractivity (Wildman–Crippen MR) is 191 cm³/mol. The molecule has 2 amide bonds. The molecule has 2 atom stereocenters. The molecule has 49 heavy (non-hydrogen) atoms. The second-order valence-corrected chi connectivity index (χ2v) is 13.3. The van der Waals surface area contributed by atoms with Crippen molar-refractivity contribution >= 4 is 69.8 Å². The van der Waals surface area contributed by atoms with Crippen LogP contribution in [0.1, 0.15) is 28.6 Å². The topological polar surface area (TPSA) is 162 Å². The maximum atomic E-state index is 14.2. The van der Waals surface area contributed by atoms with Gasteiger partial charge >= 0.3 is 5.97 Å². The molecule has 12 nitrogen and oxygen atoms in total. The molecule has 0 spiro atoms. The number of pyridine rings is 1. The Morgan fingerprint density at radius 2 is 1.86 bits per heavy atom. The third-order valence-corrected chi connectivity index (χ3v) is 10.1. The molecule has 4 aromatic rings. The smallest absolute Gasteiger partial charge is 0.356 e. The second-order valence-electron chi connectivity index (χ2n) is 10.4. The van der Waals surface area contributed by atoms with Gasteiger partial charge in [0, 0.05) is 34.6 Å². The van der Waals surface area contributed by atoms with Crippen LogP contribution in [0.25, 0.3) is 6.08 Å². The molecule has 1 fully saturated rings. The van der Waals surface area contributed by atoms with E-state index in [-0.39, 0.29) is 29.0 Å². The summed E-state index contributed by atoms with van der Waals surface area (Å²) in [5, 5.41) is 7.97. The van der Waals surface area contributed by atoms with Crippen LogP contribution in [-0.4, -0.2) is 66.5 Å². The number of carbonyl (C=O) groups excluding carboxylic acids is 3. The van der Waals surface area contributed by atoms with Gasteiger partial charge in [0.05, 0.1) is 0 Å². The lowest BCUT2D eigenvalue weighted by Crippen LogP contribution is -2.71. The van der Waals surface area contributed by atoms with Gasteiger partial charge in [-0.1, -0.05) is 96.3 Å². The van der Waals surface area contributed by atoms with Crippen molar-refractivity contribution in [2.24, 2.45) is 5.16 Å². The number of thioether (sulfide) groups is 2. The standard InChI is InChI=1S/C34H29N7O5S3/c1-2-17-45-39-25(29-38-34(35)49-40-29)30(42)37-26-31(43)41-27(24(20-48-32(26)41)47-18-15-21-10-9-16-36-19-21)33(44)46-28(22-11-5-3-6-12-22)23-13-7-4-8-14-23/h2-16,18-19,26,28,32H,1,17,20H2,(H,37,42)(H2,35,38,40)/b18-15-,39-25+. The normalized spacial score (nSPS) is 17.4. The van der Waals surface area contributed by atoms with Crippen molar-refractivity contribution in [3.63, 3.8) is 0 Å². The lowest BCUT2D eigenvalue weighted by atomic mass is 10.0. The molecule has 248 valence electrons. The molecule has 4 heterocycles. The van der Waals surface area contributed by atoms with Gasteiger partial charge in [0.15, 0.2) is 11.2 Å². The first-order valence-corrected chi connectivity index (χ1v) is 17.6. The van der Waals surface area contributed by atoms with E-state index in [1.165, 1.54) is 34.5 Å². The molecule has 2 aromatic heterocycles. The molecule has 0 aliphatic carbocycles. The van der Waals surface area contributed by atoms with Crippen molar-refractivity contribution in [2.75, 3.05) is 18.1 Å². The highest BCUT2D eigenvalue weighted by atomic mass is 32.2. The number of carbonyl (C=O) groups is 3. The highest BCUT2D eigenvalue weighted by molar-refractivity contribution is 8.08. The summed E-state index contributed by atoms with van der Waals surface area (Å²) in [4.78, 5) is 56.8. The Labute approximate surface area is 294 Å². The largest absolute Gasteiger partial charge is 0.448 e. The molecule has 2 aliphatic heterocycles. The van der Waals surface area contributed by atoms with Crippen molar-refractivity contribution in [1.82, 2.24) is 24.6 Å². The zero-order valence-electron chi connectivity index (χ0n) is 25.7. The van der Waals surface area contributed by atoms with Gasteiger partial charge in [-0.05, 0) is 34.2 Å². The van der Waals surface area contributed by atoms with Crippen molar-refractivity contribution < 1.29 is 24.0 Å². The van der Waals surface area contributed by atoms with Crippen LogP contribution >= 0.6 is 35.1 Å². The quantitative estimate of drug-likeness (QED) is 0.0491. The Morgan fingerprint density at radius 1 is 1.12 bits per heavy atom. The first-order valence-electron chi connectivity index (χ1n) is 14.9. The van der Waals surface area contributed by atoms with Crippen molar-refractivity contribution in [3.05, 3.63) is 136 Å². The number of nitrogens with two attached hydrogens (primary N) is 1. The van der Waals surface area contributed by atoms with Crippen LogP contribution in [0.4, 0.5) is 5.13 Å². The van der Waals surface area contributed by atoms with Gasteiger partial charge in [-0.3, -0.25) is 19.5 Å². The predicted octanol–water partition coefficient (Wildman–Crippen LogP) is 4.77. The summed E-state index contributed by atoms with van der Waals surface area (Å²) in [6, 6.07) is 21.6. The molecule has 3 N–H and O–H groups in total. The van der Waals surface area contributed by atoms with Crippen molar-refractivity contribution in [2.45, 2.75) is 17.5 Å². The second kappa shape index (κ2) is 15.8. The van der Waals surface area contributed by atoms with Crippen LogP contribution in [-0.2, 0) is 24.0 Å². The number of nitrogens with one attached hydrogen (secondary N) is 1. The number of rotatable bonds is 13. The number of β-lactam (4-membered cyclic amide) rings is 1. The molecule has 0 saturated carbocycles.